The zero-order chi connectivity index (χ0) is 6.85. The maximum absolute atomic E-state index is 10.5. The summed E-state index contributed by atoms with van der Waals surface area (Å²) in [4.78, 5) is 10.5. The second kappa shape index (κ2) is 2.23. The van der Waals surface area contributed by atoms with Gasteiger partial charge in [-0.25, -0.2) is 9.80 Å². The van der Waals surface area contributed by atoms with E-state index in [0.717, 1.165) is 6.54 Å². The zero-order valence-electron chi connectivity index (χ0n) is 5.55. The Labute approximate surface area is 53.7 Å². The summed E-state index contributed by atoms with van der Waals surface area (Å²) in [5.41, 5.74) is 2.48. The van der Waals surface area contributed by atoms with Crippen molar-refractivity contribution in [3.05, 3.63) is 0 Å². The molecule has 1 amide bonds. The number of hydrazine groups is 1. The van der Waals surface area contributed by atoms with E-state index in [0.29, 0.717) is 0 Å². The fourth-order valence-corrected chi connectivity index (χ4v) is 0.833. The topological polar surface area (TPSA) is 41.6 Å². The van der Waals surface area contributed by atoms with Crippen LogP contribution in [0.25, 0.3) is 0 Å². The summed E-state index contributed by atoms with van der Waals surface area (Å²) in [6.45, 7) is 2.60. The van der Waals surface area contributed by atoms with Crippen LogP contribution < -0.4 is 5.43 Å². The number of rotatable bonds is 0. The Bertz CT molecular complexity index is 114. The lowest BCUT2D eigenvalue weighted by atomic mass is 10.4. The molecule has 1 unspecified atom stereocenters. The van der Waals surface area contributed by atoms with E-state index in [4.69, 9.17) is 4.74 Å². The summed E-state index contributed by atoms with van der Waals surface area (Å²) in [7, 11) is 1.80. The predicted molar refractivity (Wildman–Crippen MR) is 31.7 cm³/mol. The molecule has 1 saturated heterocycles. The van der Waals surface area contributed by atoms with Gasteiger partial charge in [0.1, 0.15) is 6.10 Å². The second-order valence-electron chi connectivity index (χ2n) is 2.21. The van der Waals surface area contributed by atoms with Gasteiger partial charge >= 0.3 is 6.09 Å². The number of likely N-dealkylation sites (N-methyl/N-ethyl adjacent to an activating group) is 1. The molecule has 0 aromatic carbocycles. The van der Waals surface area contributed by atoms with Crippen LogP contribution in [0.3, 0.4) is 0 Å². The predicted octanol–water partition coefficient (Wildman–Crippen LogP) is -0.0385. The highest BCUT2D eigenvalue weighted by Gasteiger charge is 2.18. The molecule has 1 fully saturated rings. The van der Waals surface area contributed by atoms with Crippen LogP contribution >= 0.6 is 0 Å². The molecule has 52 valence electrons. The molecule has 1 rings (SSSR count). The van der Waals surface area contributed by atoms with Crippen molar-refractivity contribution in [2.24, 2.45) is 0 Å². The molecular weight excluding hydrogens is 120 g/mol. The van der Waals surface area contributed by atoms with Gasteiger partial charge in [0, 0.05) is 7.05 Å². The Morgan fingerprint density at radius 2 is 2.56 bits per heavy atom. The second-order valence-corrected chi connectivity index (χ2v) is 2.21. The fourth-order valence-electron chi connectivity index (χ4n) is 0.833. The van der Waals surface area contributed by atoms with Gasteiger partial charge in [-0.05, 0) is 6.92 Å². The number of hydrogen-bond acceptors (Lipinski definition) is 3. The van der Waals surface area contributed by atoms with Gasteiger partial charge in [-0.1, -0.05) is 0 Å². The molecule has 0 saturated carbocycles. The van der Waals surface area contributed by atoms with E-state index < -0.39 is 0 Å². The van der Waals surface area contributed by atoms with Gasteiger partial charge < -0.3 is 4.74 Å². The Morgan fingerprint density at radius 1 is 1.89 bits per heavy atom. The van der Waals surface area contributed by atoms with Gasteiger partial charge in [0.25, 0.3) is 0 Å². The number of hydrogen-bond donors (Lipinski definition) is 1. The van der Waals surface area contributed by atoms with Gasteiger partial charge in [-0.2, -0.15) is 0 Å². The summed E-state index contributed by atoms with van der Waals surface area (Å²) in [5.74, 6) is 0. The highest BCUT2D eigenvalue weighted by Crippen LogP contribution is 1.98. The lowest BCUT2D eigenvalue weighted by Gasteiger charge is -2.27. The van der Waals surface area contributed by atoms with Crippen molar-refractivity contribution in [3.63, 3.8) is 0 Å². The van der Waals surface area contributed by atoms with Crippen LogP contribution in [0.15, 0.2) is 0 Å². The van der Waals surface area contributed by atoms with E-state index >= 15 is 0 Å². The van der Waals surface area contributed by atoms with E-state index in [1.165, 1.54) is 0 Å². The van der Waals surface area contributed by atoms with Crippen molar-refractivity contribution >= 4 is 6.09 Å². The van der Waals surface area contributed by atoms with Crippen LogP contribution in [-0.4, -0.2) is 30.8 Å². The minimum Gasteiger partial charge on any atom is -0.444 e. The highest BCUT2D eigenvalue weighted by molar-refractivity contribution is 5.67. The van der Waals surface area contributed by atoms with Crippen molar-refractivity contribution in [1.29, 1.82) is 0 Å². The maximum Gasteiger partial charge on any atom is 0.422 e. The van der Waals surface area contributed by atoms with Crippen LogP contribution in [0.1, 0.15) is 6.92 Å². The number of cyclic esters (lactones) is 1. The van der Waals surface area contributed by atoms with E-state index in [-0.39, 0.29) is 12.2 Å². The van der Waals surface area contributed by atoms with Gasteiger partial charge in [-0.15, -0.1) is 0 Å². The fraction of sp³-hybridized carbons (Fsp3) is 0.800. The SMILES string of the molecule is CC1CN(C)NC(=O)O1. The third-order valence-electron chi connectivity index (χ3n) is 1.12. The minimum absolute atomic E-state index is 0.00347. The lowest BCUT2D eigenvalue weighted by Crippen LogP contribution is -2.50. The molecule has 9 heavy (non-hydrogen) atoms. The van der Waals surface area contributed by atoms with E-state index in [9.17, 15) is 4.79 Å². The molecular formula is C5H10N2O2. The zero-order valence-corrected chi connectivity index (χ0v) is 5.55. The Hall–Kier alpha value is -0.770. The molecule has 1 aliphatic rings. The molecule has 0 radical (unpaired) electrons. The van der Waals surface area contributed by atoms with E-state index in [2.05, 4.69) is 5.43 Å². The van der Waals surface area contributed by atoms with Crippen LogP contribution in [0.5, 0.6) is 0 Å². The van der Waals surface area contributed by atoms with Gasteiger partial charge in [0.05, 0.1) is 6.54 Å². The van der Waals surface area contributed by atoms with E-state index in [1.807, 2.05) is 6.92 Å². The molecule has 1 atom stereocenters. The number of nitrogens with zero attached hydrogens (tertiary/aromatic N) is 1. The van der Waals surface area contributed by atoms with Crippen LogP contribution in [0.2, 0.25) is 0 Å². The van der Waals surface area contributed by atoms with Gasteiger partial charge in [0.15, 0.2) is 0 Å². The molecule has 1 N–H and O–H groups in total. The monoisotopic (exact) mass is 130 g/mol. The summed E-state index contributed by atoms with van der Waals surface area (Å²) in [6, 6.07) is 0. The van der Waals surface area contributed by atoms with Gasteiger partial charge in [-0.3, -0.25) is 5.43 Å². The quantitative estimate of drug-likeness (QED) is 0.500. The molecule has 4 nitrogen and oxygen atoms in total. The first kappa shape index (κ1) is 6.35. The standard InChI is InChI=1S/C5H10N2O2/c1-4-3-7(2)6-5(8)9-4/h4H,3H2,1-2H3,(H,6,8). The summed E-state index contributed by atoms with van der Waals surface area (Å²) in [5, 5.41) is 1.70. The highest BCUT2D eigenvalue weighted by atomic mass is 16.6. The largest absolute Gasteiger partial charge is 0.444 e. The summed E-state index contributed by atoms with van der Waals surface area (Å²) in [6.07, 6.45) is -0.361. The third-order valence-corrected chi connectivity index (χ3v) is 1.12. The molecule has 0 aliphatic carbocycles. The minimum atomic E-state index is -0.365. The first-order chi connectivity index (χ1) is 4.18. The van der Waals surface area contributed by atoms with Crippen LogP contribution in [0.4, 0.5) is 4.79 Å². The number of amides is 1. The normalized spacial score (nSPS) is 29.1. The Balaban J connectivity index is 2.43. The van der Waals surface area contributed by atoms with E-state index in [1.54, 1.807) is 12.1 Å². The Morgan fingerprint density at radius 3 is 3.00 bits per heavy atom. The van der Waals surface area contributed by atoms with Crippen molar-refractivity contribution in [2.45, 2.75) is 13.0 Å². The van der Waals surface area contributed by atoms with Crippen molar-refractivity contribution in [3.8, 4) is 0 Å². The molecule has 1 aliphatic heterocycles. The summed E-state index contributed by atoms with van der Waals surface area (Å²) < 4.78 is 4.76. The van der Waals surface area contributed by atoms with Crippen molar-refractivity contribution in [1.82, 2.24) is 10.4 Å². The average molecular weight is 130 g/mol. The first-order valence-electron chi connectivity index (χ1n) is 2.87. The van der Waals surface area contributed by atoms with Crippen LogP contribution in [0, 0.1) is 0 Å². The molecule has 0 aromatic rings. The maximum atomic E-state index is 10.5. The first-order valence-corrected chi connectivity index (χ1v) is 2.87. The number of ether oxygens (including phenoxy) is 1. The lowest BCUT2D eigenvalue weighted by molar-refractivity contribution is 0.0225. The number of carbonyl (C=O) groups excluding carboxylic acids is 1. The molecule has 0 aromatic heterocycles. The molecule has 1 heterocycles. The smallest absolute Gasteiger partial charge is 0.422 e. The third kappa shape index (κ3) is 1.57. The Kier molecular flexibility index (Phi) is 1.57. The van der Waals surface area contributed by atoms with Crippen molar-refractivity contribution in [2.75, 3.05) is 13.6 Å². The average Bonchev–Trinajstić information content (AvgIpc) is 1.59. The number of nitrogens with one attached hydrogen (secondary N) is 1. The van der Waals surface area contributed by atoms with Gasteiger partial charge in [0.2, 0.25) is 0 Å². The molecule has 0 bridgehead atoms. The summed E-state index contributed by atoms with van der Waals surface area (Å²) >= 11 is 0. The van der Waals surface area contributed by atoms with Crippen LogP contribution in [-0.2, 0) is 4.74 Å². The number of carbonyl (C=O) groups is 1. The molecule has 4 heteroatoms. The molecule has 0 spiro atoms. The van der Waals surface area contributed by atoms with Crippen molar-refractivity contribution < 1.29 is 9.53 Å².